The molecule has 103 heavy (non-hydrogen) atoms. The van der Waals surface area contributed by atoms with Gasteiger partial charge < -0.3 is 33.8 Å². The second kappa shape index (κ2) is 76.8. The molecule has 17 nitrogen and oxygen atoms in total. The molecular weight excluding hydrogens is 1340 g/mol. The molecule has 0 saturated carbocycles. The van der Waals surface area contributed by atoms with Crippen LogP contribution in [0.25, 0.3) is 0 Å². The minimum absolute atomic E-state index is 0.107. The van der Waals surface area contributed by atoms with Crippen molar-refractivity contribution >= 4 is 39.5 Å². The lowest BCUT2D eigenvalue weighted by molar-refractivity contribution is -0.161. The maximum absolute atomic E-state index is 13.1. The third-order valence-corrected chi connectivity index (χ3v) is 21.7. The zero-order valence-corrected chi connectivity index (χ0v) is 69.3. The van der Waals surface area contributed by atoms with Crippen molar-refractivity contribution in [3.05, 3.63) is 0 Å². The van der Waals surface area contributed by atoms with Crippen molar-refractivity contribution in [1.82, 2.24) is 0 Å². The fourth-order valence-electron chi connectivity index (χ4n) is 13.1. The molecule has 0 aromatic rings. The average molecular weight is 1510 g/mol. The lowest BCUT2D eigenvalue weighted by atomic mass is 10.0. The van der Waals surface area contributed by atoms with E-state index in [1.54, 1.807) is 0 Å². The van der Waals surface area contributed by atoms with Crippen LogP contribution in [-0.2, 0) is 65.4 Å². The van der Waals surface area contributed by atoms with E-state index in [1.165, 1.54) is 263 Å². The summed E-state index contributed by atoms with van der Waals surface area (Å²) in [5.41, 5.74) is 0. The number of phosphoric acid groups is 2. The number of hydrogen-bond acceptors (Lipinski definition) is 15. The second-order valence-electron chi connectivity index (χ2n) is 30.7. The summed E-state index contributed by atoms with van der Waals surface area (Å²) in [5.74, 6) is -1.33. The Hall–Kier alpha value is -1.94. The van der Waals surface area contributed by atoms with Crippen LogP contribution in [0.3, 0.4) is 0 Å². The lowest BCUT2D eigenvalue weighted by Gasteiger charge is -2.21. The molecular formula is C84H164O17P2. The highest BCUT2D eigenvalue weighted by molar-refractivity contribution is 7.47. The van der Waals surface area contributed by atoms with Gasteiger partial charge in [-0.25, -0.2) is 9.13 Å². The van der Waals surface area contributed by atoms with E-state index in [9.17, 15) is 43.2 Å². The summed E-state index contributed by atoms with van der Waals surface area (Å²) in [6, 6.07) is 0. The van der Waals surface area contributed by atoms with E-state index in [4.69, 9.17) is 37.0 Å². The van der Waals surface area contributed by atoms with Crippen molar-refractivity contribution in [2.24, 2.45) is 5.92 Å². The Bertz CT molecular complexity index is 1960. The molecule has 5 atom stereocenters. The van der Waals surface area contributed by atoms with Gasteiger partial charge >= 0.3 is 39.5 Å². The molecule has 0 spiro atoms. The Balaban J connectivity index is 5.16. The van der Waals surface area contributed by atoms with Gasteiger partial charge in [-0.3, -0.25) is 37.3 Å². The molecule has 0 rings (SSSR count). The molecule has 0 saturated heterocycles. The van der Waals surface area contributed by atoms with Gasteiger partial charge in [0.1, 0.15) is 19.3 Å². The second-order valence-corrected chi connectivity index (χ2v) is 33.6. The number of hydrogen-bond donors (Lipinski definition) is 3. The lowest BCUT2D eigenvalue weighted by Crippen LogP contribution is -2.30. The van der Waals surface area contributed by atoms with E-state index in [-0.39, 0.29) is 25.7 Å². The van der Waals surface area contributed by atoms with Crippen molar-refractivity contribution in [2.75, 3.05) is 39.6 Å². The molecule has 3 N–H and O–H groups in total. The molecule has 0 amide bonds. The van der Waals surface area contributed by atoms with Gasteiger partial charge in [0.2, 0.25) is 0 Å². The topological polar surface area (TPSA) is 237 Å². The van der Waals surface area contributed by atoms with Gasteiger partial charge in [-0.2, -0.15) is 0 Å². The smallest absolute Gasteiger partial charge is 0.462 e. The van der Waals surface area contributed by atoms with Crippen LogP contribution in [-0.4, -0.2) is 96.7 Å². The Kier molecular flexibility index (Phi) is 75.4. The number of unbranched alkanes of at least 4 members (excludes halogenated alkanes) is 56. The van der Waals surface area contributed by atoms with E-state index in [0.29, 0.717) is 25.7 Å². The molecule has 612 valence electrons. The molecule has 19 heteroatoms. The highest BCUT2D eigenvalue weighted by Gasteiger charge is 2.30. The predicted octanol–water partition coefficient (Wildman–Crippen LogP) is 25.6. The Morgan fingerprint density at radius 1 is 0.262 bits per heavy atom. The van der Waals surface area contributed by atoms with E-state index < -0.39 is 97.5 Å². The van der Waals surface area contributed by atoms with Gasteiger partial charge in [0, 0.05) is 25.7 Å². The number of ether oxygens (including phenoxy) is 4. The largest absolute Gasteiger partial charge is 0.472 e. The molecule has 0 aromatic carbocycles. The fraction of sp³-hybridized carbons (Fsp3) is 0.952. The standard InChI is InChI=1S/C84H164O17P2/c1-6-9-12-15-18-20-22-24-26-28-30-32-34-36-38-40-45-49-54-59-64-69-84(89)101-80(74-95-82(87)68-63-58-53-48-44-39-37-35-33-31-29-27-25-23-21-19-16-13-10-7-2)76-99-103(92,93)97-72-78(85)71-96-102(90,91)98-75-79(73-94-81(86)67-62-57-51-17-14-11-8-3)100-83(88)70-65-60-55-50-46-42-41-43-47-52-56-61-66-77(4)5/h77-80,85H,6-76H2,1-5H3,(H,90,91)(H,92,93)/t78-,79+,80+/m0/s1. The highest BCUT2D eigenvalue weighted by atomic mass is 31.2. The Labute approximate surface area is 632 Å². The van der Waals surface area contributed by atoms with Crippen LogP contribution in [0.5, 0.6) is 0 Å². The molecule has 0 bridgehead atoms. The molecule has 0 heterocycles. The van der Waals surface area contributed by atoms with Crippen molar-refractivity contribution in [3.63, 3.8) is 0 Å². The summed E-state index contributed by atoms with van der Waals surface area (Å²) in [4.78, 5) is 73.0. The zero-order chi connectivity index (χ0) is 75.5. The first-order valence-corrected chi connectivity index (χ1v) is 46.6. The van der Waals surface area contributed by atoms with Gasteiger partial charge in [0.05, 0.1) is 26.4 Å². The van der Waals surface area contributed by atoms with Gasteiger partial charge in [0.25, 0.3) is 0 Å². The predicted molar refractivity (Wildman–Crippen MR) is 423 cm³/mol. The Morgan fingerprint density at radius 2 is 0.447 bits per heavy atom. The molecule has 0 radical (unpaired) electrons. The SMILES string of the molecule is CCCCCCCCCCCCCCCCCCCCCCCC(=O)O[C@H](COC(=O)CCCCCCCCCCCCCCCCCCCCCC)COP(=O)(O)OC[C@@H](O)COP(=O)(O)OC[C@@H](COC(=O)CCCCCCCCC)OC(=O)CCCCCCCCCCCCCCC(C)C. The van der Waals surface area contributed by atoms with E-state index in [1.807, 2.05) is 0 Å². The molecule has 0 aromatic heterocycles. The van der Waals surface area contributed by atoms with Crippen LogP contribution >= 0.6 is 15.6 Å². The normalized spacial score (nSPS) is 13.8. The number of carbonyl (C=O) groups is 4. The quantitative estimate of drug-likeness (QED) is 0.0222. The zero-order valence-electron chi connectivity index (χ0n) is 67.5. The van der Waals surface area contributed by atoms with Crippen LogP contribution in [0.1, 0.15) is 452 Å². The molecule has 0 aliphatic rings. The van der Waals surface area contributed by atoms with Crippen LogP contribution in [0, 0.1) is 5.92 Å². The third kappa shape index (κ3) is 78.0. The van der Waals surface area contributed by atoms with Gasteiger partial charge in [0.15, 0.2) is 12.2 Å². The fourth-order valence-corrected chi connectivity index (χ4v) is 14.7. The summed E-state index contributed by atoms with van der Waals surface area (Å²) in [7, 11) is -9.92. The Morgan fingerprint density at radius 3 is 0.660 bits per heavy atom. The minimum Gasteiger partial charge on any atom is -0.462 e. The van der Waals surface area contributed by atoms with Gasteiger partial charge in [-0.1, -0.05) is 401 Å². The number of phosphoric ester groups is 2. The summed E-state index contributed by atoms with van der Waals surface area (Å²) in [6.45, 7) is 7.31. The average Bonchev–Trinajstić information content (AvgIpc) is 0.916. The maximum Gasteiger partial charge on any atom is 0.472 e. The monoisotopic (exact) mass is 1510 g/mol. The van der Waals surface area contributed by atoms with Crippen LogP contribution in [0.4, 0.5) is 0 Å². The summed E-state index contributed by atoms with van der Waals surface area (Å²) >= 11 is 0. The van der Waals surface area contributed by atoms with E-state index in [2.05, 4.69) is 34.6 Å². The number of carbonyl (C=O) groups excluding carboxylic acids is 4. The third-order valence-electron chi connectivity index (χ3n) is 19.8. The van der Waals surface area contributed by atoms with Crippen molar-refractivity contribution in [1.29, 1.82) is 0 Å². The van der Waals surface area contributed by atoms with Crippen LogP contribution in [0.2, 0.25) is 0 Å². The summed E-state index contributed by atoms with van der Waals surface area (Å²) < 4.78 is 68.7. The van der Waals surface area contributed by atoms with E-state index in [0.717, 1.165) is 109 Å². The molecule has 2 unspecified atom stereocenters. The van der Waals surface area contributed by atoms with E-state index >= 15 is 0 Å². The van der Waals surface area contributed by atoms with Gasteiger partial charge in [-0.15, -0.1) is 0 Å². The van der Waals surface area contributed by atoms with Crippen LogP contribution < -0.4 is 0 Å². The highest BCUT2D eigenvalue weighted by Crippen LogP contribution is 2.45. The van der Waals surface area contributed by atoms with Crippen LogP contribution in [0.15, 0.2) is 0 Å². The molecule has 0 fully saturated rings. The first-order valence-electron chi connectivity index (χ1n) is 43.6. The molecule has 0 aliphatic carbocycles. The summed E-state index contributed by atoms with van der Waals surface area (Å²) in [6.07, 6.45) is 69.7. The van der Waals surface area contributed by atoms with Crippen molar-refractivity contribution < 1.29 is 80.2 Å². The van der Waals surface area contributed by atoms with Crippen molar-refractivity contribution in [2.45, 2.75) is 470 Å². The first-order chi connectivity index (χ1) is 50.0. The molecule has 0 aliphatic heterocycles. The number of rotatable bonds is 84. The number of esters is 4. The number of aliphatic hydroxyl groups is 1. The van der Waals surface area contributed by atoms with Gasteiger partial charge in [-0.05, 0) is 31.6 Å². The van der Waals surface area contributed by atoms with Crippen molar-refractivity contribution in [3.8, 4) is 0 Å². The summed E-state index contributed by atoms with van der Waals surface area (Å²) in [5, 5.41) is 10.6. The first kappa shape index (κ1) is 101. The number of aliphatic hydroxyl groups excluding tert-OH is 1. The minimum atomic E-state index is -4.96. The maximum atomic E-state index is 13.1.